The van der Waals surface area contributed by atoms with Gasteiger partial charge < -0.3 is 15.3 Å². The number of nitrogens with zero attached hydrogens (tertiary/aromatic N) is 1. The molecule has 0 aliphatic carbocycles. The van der Waals surface area contributed by atoms with Crippen LogP contribution in [0.2, 0.25) is 0 Å². The fraction of sp³-hybridized carbons (Fsp3) is 0.714. The van der Waals surface area contributed by atoms with Crippen molar-refractivity contribution >= 4 is 12.1 Å². The zero-order chi connectivity index (χ0) is 10.0. The molecule has 74 valence electrons. The van der Waals surface area contributed by atoms with Crippen LogP contribution in [0, 0.1) is 0 Å². The Morgan fingerprint density at radius 2 is 1.92 bits per heavy atom. The molecule has 0 aromatic carbocycles. The monoisotopic (exact) mass is 189 g/mol. The third-order valence-corrected chi connectivity index (χ3v) is 2.22. The van der Waals surface area contributed by atoms with Crippen LogP contribution in [0.1, 0.15) is 12.8 Å². The second-order valence-electron chi connectivity index (χ2n) is 2.96. The highest BCUT2D eigenvalue weighted by Crippen LogP contribution is 2.23. The number of aliphatic carboxylic acids is 1. The number of carboxylic acid groups (broad SMARTS) is 2. The molecule has 6 nitrogen and oxygen atoms in total. The van der Waals surface area contributed by atoms with Crippen LogP contribution < -0.4 is 0 Å². The van der Waals surface area contributed by atoms with Gasteiger partial charge in [0.25, 0.3) is 0 Å². The van der Waals surface area contributed by atoms with Crippen molar-refractivity contribution in [3.8, 4) is 0 Å². The van der Waals surface area contributed by atoms with Crippen molar-refractivity contribution in [3.63, 3.8) is 0 Å². The van der Waals surface area contributed by atoms with E-state index in [-0.39, 0.29) is 13.0 Å². The maximum absolute atomic E-state index is 10.6. The quantitative estimate of drug-likeness (QED) is 0.547. The summed E-state index contributed by atoms with van der Waals surface area (Å²) in [6, 6.07) is -1.58. The fourth-order valence-electron chi connectivity index (χ4n) is 1.59. The van der Waals surface area contributed by atoms with Crippen LogP contribution in [0.4, 0.5) is 4.79 Å². The lowest BCUT2D eigenvalue weighted by molar-refractivity contribution is -0.142. The molecule has 2 atom stereocenters. The summed E-state index contributed by atoms with van der Waals surface area (Å²) in [7, 11) is 0. The third-order valence-electron chi connectivity index (χ3n) is 2.22. The maximum Gasteiger partial charge on any atom is 0.408 e. The number of hydrogen-bond acceptors (Lipinski definition) is 3. The molecule has 1 aliphatic heterocycles. The maximum atomic E-state index is 10.6. The lowest BCUT2D eigenvalue weighted by Gasteiger charge is -2.23. The molecule has 0 unspecified atom stereocenters. The van der Waals surface area contributed by atoms with Gasteiger partial charge >= 0.3 is 12.1 Å². The topological polar surface area (TPSA) is 98.1 Å². The third kappa shape index (κ3) is 1.72. The van der Waals surface area contributed by atoms with Gasteiger partial charge in [-0.15, -0.1) is 0 Å². The first-order chi connectivity index (χ1) is 6.07. The van der Waals surface area contributed by atoms with E-state index in [1.807, 2.05) is 0 Å². The lowest BCUT2D eigenvalue weighted by atomic mass is 10.2. The molecule has 0 bridgehead atoms. The Labute approximate surface area is 74.4 Å². The molecule has 0 spiro atoms. The predicted octanol–water partition coefficient (Wildman–Crippen LogP) is -0.426. The molecule has 1 aliphatic rings. The van der Waals surface area contributed by atoms with Crippen LogP contribution >= 0.6 is 0 Å². The van der Waals surface area contributed by atoms with E-state index in [0.29, 0.717) is 6.42 Å². The highest BCUT2D eigenvalue weighted by Gasteiger charge is 2.40. The van der Waals surface area contributed by atoms with E-state index in [4.69, 9.17) is 15.3 Å². The minimum atomic E-state index is -1.29. The first-order valence-electron chi connectivity index (χ1n) is 3.93. The van der Waals surface area contributed by atoms with Gasteiger partial charge in [0.05, 0.1) is 12.6 Å². The summed E-state index contributed by atoms with van der Waals surface area (Å²) in [6.07, 6.45) is -0.615. The molecule has 1 amide bonds. The molecule has 13 heavy (non-hydrogen) atoms. The summed E-state index contributed by atoms with van der Waals surface area (Å²) < 4.78 is 0. The number of rotatable bonds is 2. The number of amides is 1. The van der Waals surface area contributed by atoms with Crippen LogP contribution in [0.3, 0.4) is 0 Å². The molecule has 1 heterocycles. The molecule has 1 rings (SSSR count). The molecule has 3 N–H and O–H groups in total. The van der Waals surface area contributed by atoms with E-state index in [2.05, 4.69) is 0 Å². The van der Waals surface area contributed by atoms with Crippen molar-refractivity contribution in [2.75, 3.05) is 6.61 Å². The average Bonchev–Trinajstić information content (AvgIpc) is 2.46. The van der Waals surface area contributed by atoms with E-state index in [9.17, 15) is 9.59 Å². The summed E-state index contributed by atoms with van der Waals surface area (Å²) in [5.41, 5.74) is 0. The van der Waals surface area contributed by atoms with Gasteiger partial charge in [0.15, 0.2) is 0 Å². The Hall–Kier alpha value is -1.30. The summed E-state index contributed by atoms with van der Waals surface area (Å²) >= 11 is 0. The number of carboxylic acids is 1. The number of carbonyl (C=O) groups is 2. The molecular weight excluding hydrogens is 178 g/mol. The summed E-state index contributed by atoms with van der Waals surface area (Å²) in [5.74, 6) is -1.15. The fourth-order valence-corrected chi connectivity index (χ4v) is 1.59. The van der Waals surface area contributed by atoms with Gasteiger partial charge in [-0.2, -0.15) is 0 Å². The van der Waals surface area contributed by atoms with Crippen LogP contribution in [0.25, 0.3) is 0 Å². The summed E-state index contributed by atoms with van der Waals surface area (Å²) in [5, 5.41) is 26.1. The van der Waals surface area contributed by atoms with E-state index < -0.39 is 24.1 Å². The first kappa shape index (κ1) is 9.79. The van der Waals surface area contributed by atoms with Crippen LogP contribution in [-0.2, 0) is 4.79 Å². The number of likely N-dealkylation sites (tertiary alicyclic amines) is 1. The Balaban J connectivity index is 2.78. The van der Waals surface area contributed by atoms with Crippen LogP contribution in [0.5, 0.6) is 0 Å². The normalized spacial score (nSPS) is 27.6. The van der Waals surface area contributed by atoms with E-state index in [1.165, 1.54) is 0 Å². The molecular formula is C7H11NO5. The lowest BCUT2D eigenvalue weighted by Crippen LogP contribution is -2.45. The minimum Gasteiger partial charge on any atom is -0.480 e. The number of aliphatic hydroxyl groups excluding tert-OH is 1. The van der Waals surface area contributed by atoms with Gasteiger partial charge in [0.2, 0.25) is 0 Å². The molecule has 1 fully saturated rings. The van der Waals surface area contributed by atoms with Crippen molar-refractivity contribution in [1.29, 1.82) is 0 Å². The molecule has 6 heteroatoms. The van der Waals surface area contributed by atoms with Crippen molar-refractivity contribution < 1.29 is 24.9 Å². The van der Waals surface area contributed by atoms with Crippen molar-refractivity contribution in [1.82, 2.24) is 4.90 Å². The number of aliphatic hydroxyl groups is 1. The van der Waals surface area contributed by atoms with Crippen molar-refractivity contribution in [3.05, 3.63) is 0 Å². The minimum absolute atomic E-state index is 0.271. The van der Waals surface area contributed by atoms with Gasteiger partial charge in [0, 0.05) is 0 Å². The summed E-state index contributed by atoms with van der Waals surface area (Å²) in [6.45, 7) is -0.323. The second kappa shape index (κ2) is 3.61. The second-order valence-corrected chi connectivity index (χ2v) is 2.96. The van der Waals surface area contributed by atoms with E-state index in [0.717, 1.165) is 4.90 Å². The Morgan fingerprint density at radius 3 is 2.31 bits per heavy atom. The molecule has 0 radical (unpaired) electrons. The molecule has 1 saturated heterocycles. The van der Waals surface area contributed by atoms with Crippen LogP contribution in [0.15, 0.2) is 0 Å². The first-order valence-corrected chi connectivity index (χ1v) is 3.93. The molecule has 0 saturated carbocycles. The zero-order valence-electron chi connectivity index (χ0n) is 6.88. The SMILES string of the molecule is O=C(O)[C@@H]1CC[C@H](CO)N1C(=O)O. The van der Waals surface area contributed by atoms with Gasteiger partial charge in [-0.3, -0.25) is 4.90 Å². The molecule has 0 aromatic rings. The highest BCUT2D eigenvalue weighted by molar-refractivity contribution is 5.80. The molecule has 0 aromatic heterocycles. The van der Waals surface area contributed by atoms with E-state index in [1.54, 1.807) is 0 Å². The van der Waals surface area contributed by atoms with Gasteiger partial charge in [-0.25, -0.2) is 9.59 Å². The standard InChI is InChI=1S/C7H11NO5/c9-3-4-1-2-5(6(10)11)8(4)7(12)13/h4-5,9H,1-3H2,(H,10,11)(H,12,13)/t4-,5+/m1/s1. The predicted molar refractivity (Wildman–Crippen MR) is 41.4 cm³/mol. The van der Waals surface area contributed by atoms with Crippen molar-refractivity contribution in [2.45, 2.75) is 24.9 Å². The van der Waals surface area contributed by atoms with Gasteiger partial charge in [-0.1, -0.05) is 0 Å². The van der Waals surface area contributed by atoms with Gasteiger partial charge in [-0.05, 0) is 12.8 Å². The Bertz CT molecular complexity index is 229. The van der Waals surface area contributed by atoms with Crippen LogP contribution in [-0.4, -0.2) is 51.0 Å². The summed E-state index contributed by atoms with van der Waals surface area (Å²) in [4.78, 5) is 22.0. The average molecular weight is 189 g/mol. The Morgan fingerprint density at radius 1 is 1.31 bits per heavy atom. The number of hydrogen-bond donors (Lipinski definition) is 3. The highest BCUT2D eigenvalue weighted by atomic mass is 16.4. The smallest absolute Gasteiger partial charge is 0.408 e. The van der Waals surface area contributed by atoms with Gasteiger partial charge in [0.1, 0.15) is 6.04 Å². The Kier molecular flexibility index (Phi) is 2.72. The van der Waals surface area contributed by atoms with E-state index >= 15 is 0 Å². The zero-order valence-corrected chi connectivity index (χ0v) is 6.88. The largest absolute Gasteiger partial charge is 0.480 e. The van der Waals surface area contributed by atoms with Crippen molar-refractivity contribution in [2.24, 2.45) is 0 Å².